The Balaban J connectivity index is 1.89. The minimum absolute atomic E-state index is 0.0683. The molecular weight excluding hydrogens is 318 g/mol. The zero-order valence-electron chi connectivity index (χ0n) is 14.5. The molecule has 0 bridgehead atoms. The predicted molar refractivity (Wildman–Crippen MR) is 95.8 cm³/mol. The van der Waals surface area contributed by atoms with Crippen molar-refractivity contribution in [2.24, 2.45) is 0 Å². The molecule has 132 valence electrons. The summed E-state index contributed by atoms with van der Waals surface area (Å²) in [6.07, 6.45) is 1.87. The van der Waals surface area contributed by atoms with Gasteiger partial charge in [-0.3, -0.25) is 4.79 Å². The van der Waals surface area contributed by atoms with Gasteiger partial charge in [0, 0.05) is 6.04 Å². The van der Waals surface area contributed by atoms with Gasteiger partial charge in [-0.05, 0) is 43.7 Å². The topological polar surface area (TPSA) is 64.6 Å². The van der Waals surface area contributed by atoms with E-state index in [0.717, 1.165) is 12.8 Å². The van der Waals surface area contributed by atoms with Gasteiger partial charge >= 0.3 is 5.97 Å². The smallest absolute Gasteiger partial charge is 0.338 e. The first-order valence-electron chi connectivity index (χ1n) is 8.38. The molecule has 1 amide bonds. The molecule has 2 aromatic carbocycles. The van der Waals surface area contributed by atoms with Crippen LogP contribution in [0.2, 0.25) is 0 Å². The maximum absolute atomic E-state index is 12.1. The van der Waals surface area contributed by atoms with E-state index in [1.54, 1.807) is 24.3 Å². The number of carbonyl (C=O) groups is 2. The second-order valence-corrected chi connectivity index (χ2v) is 5.78. The minimum Gasteiger partial charge on any atom is -0.457 e. The molecule has 0 fully saturated rings. The lowest BCUT2D eigenvalue weighted by Gasteiger charge is -2.13. The Morgan fingerprint density at radius 3 is 2.48 bits per heavy atom. The van der Waals surface area contributed by atoms with Crippen LogP contribution in [0.4, 0.5) is 0 Å². The van der Waals surface area contributed by atoms with Gasteiger partial charge in [0.2, 0.25) is 0 Å². The highest BCUT2D eigenvalue weighted by Crippen LogP contribution is 2.22. The summed E-state index contributed by atoms with van der Waals surface area (Å²) in [4.78, 5) is 23.9. The number of ether oxygens (including phenoxy) is 2. The third-order valence-electron chi connectivity index (χ3n) is 3.51. The summed E-state index contributed by atoms with van der Waals surface area (Å²) in [7, 11) is 0. The molecule has 0 aromatic heterocycles. The quantitative estimate of drug-likeness (QED) is 0.739. The van der Waals surface area contributed by atoms with Gasteiger partial charge in [-0.15, -0.1) is 0 Å². The van der Waals surface area contributed by atoms with Gasteiger partial charge < -0.3 is 14.8 Å². The molecule has 0 unspecified atom stereocenters. The molecule has 1 atom stereocenters. The largest absolute Gasteiger partial charge is 0.457 e. The molecule has 0 saturated heterocycles. The van der Waals surface area contributed by atoms with Crippen molar-refractivity contribution >= 4 is 11.9 Å². The fourth-order valence-electron chi connectivity index (χ4n) is 2.35. The summed E-state index contributed by atoms with van der Waals surface area (Å²) >= 11 is 0. The Morgan fingerprint density at radius 1 is 1.04 bits per heavy atom. The maximum atomic E-state index is 12.1. The van der Waals surface area contributed by atoms with Crippen LogP contribution in [0.5, 0.6) is 11.5 Å². The number of carbonyl (C=O) groups excluding carboxylic acids is 2. The van der Waals surface area contributed by atoms with Crippen molar-refractivity contribution in [1.82, 2.24) is 5.32 Å². The SMILES string of the molecule is CCC[C@@H](C)NC(=O)COC(=O)c1cccc(Oc2ccccc2)c1. The van der Waals surface area contributed by atoms with E-state index in [1.165, 1.54) is 0 Å². The van der Waals surface area contributed by atoms with Crippen LogP contribution in [0.25, 0.3) is 0 Å². The Kier molecular flexibility index (Phi) is 7.01. The first-order valence-corrected chi connectivity index (χ1v) is 8.38. The highest BCUT2D eigenvalue weighted by Gasteiger charge is 2.12. The van der Waals surface area contributed by atoms with E-state index < -0.39 is 5.97 Å². The normalized spacial score (nSPS) is 11.4. The van der Waals surface area contributed by atoms with Crippen molar-refractivity contribution in [3.8, 4) is 11.5 Å². The summed E-state index contributed by atoms with van der Waals surface area (Å²) in [5.74, 6) is 0.349. The molecule has 5 nitrogen and oxygen atoms in total. The third-order valence-corrected chi connectivity index (χ3v) is 3.51. The Labute approximate surface area is 148 Å². The Hall–Kier alpha value is -2.82. The number of esters is 1. The highest BCUT2D eigenvalue weighted by molar-refractivity contribution is 5.91. The number of hydrogen-bond acceptors (Lipinski definition) is 4. The van der Waals surface area contributed by atoms with Gasteiger partial charge in [0.05, 0.1) is 5.56 Å². The van der Waals surface area contributed by atoms with E-state index in [4.69, 9.17) is 9.47 Å². The standard InChI is InChI=1S/C20H23NO4/c1-3-8-15(2)21-19(22)14-24-20(23)16-9-7-12-18(13-16)25-17-10-5-4-6-11-17/h4-7,9-13,15H,3,8,14H2,1-2H3,(H,21,22)/t15-/m1/s1. The Morgan fingerprint density at radius 2 is 1.76 bits per heavy atom. The second kappa shape index (κ2) is 9.47. The number of hydrogen-bond donors (Lipinski definition) is 1. The van der Waals surface area contributed by atoms with Crippen molar-refractivity contribution in [2.45, 2.75) is 32.7 Å². The summed E-state index contributed by atoms with van der Waals surface area (Å²) in [5.41, 5.74) is 0.336. The van der Waals surface area contributed by atoms with E-state index in [2.05, 4.69) is 5.32 Å². The van der Waals surface area contributed by atoms with E-state index in [1.807, 2.05) is 44.2 Å². The van der Waals surface area contributed by atoms with Crippen molar-refractivity contribution in [1.29, 1.82) is 0 Å². The molecule has 25 heavy (non-hydrogen) atoms. The number of rotatable bonds is 8. The molecule has 5 heteroatoms. The predicted octanol–water partition coefficient (Wildman–Crippen LogP) is 3.94. The number of para-hydroxylation sites is 1. The summed E-state index contributed by atoms with van der Waals surface area (Å²) < 4.78 is 10.8. The molecule has 0 spiro atoms. The van der Waals surface area contributed by atoms with Crippen molar-refractivity contribution < 1.29 is 19.1 Å². The third kappa shape index (κ3) is 6.30. The lowest BCUT2D eigenvalue weighted by molar-refractivity contribution is -0.124. The van der Waals surface area contributed by atoms with E-state index in [-0.39, 0.29) is 18.6 Å². The van der Waals surface area contributed by atoms with E-state index in [0.29, 0.717) is 17.1 Å². The maximum Gasteiger partial charge on any atom is 0.338 e. The molecule has 0 aliphatic carbocycles. The van der Waals surface area contributed by atoms with Crippen LogP contribution in [-0.4, -0.2) is 24.5 Å². The van der Waals surface area contributed by atoms with Crippen LogP contribution < -0.4 is 10.1 Å². The molecule has 0 aliphatic heterocycles. The van der Waals surface area contributed by atoms with E-state index in [9.17, 15) is 9.59 Å². The van der Waals surface area contributed by atoms with Crippen molar-refractivity contribution in [3.63, 3.8) is 0 Å². The molecular formula is C20H23NO4. The lowest BCUT2D eigenvalue weighted by atomic mass is 10.2. The zero-order chi connectivity index (χ0) is 18.1. The van der Waals surface area contributed by atoms with Crippen LogP contribution in [0.3, 0.4) is 0 Å². The van der Waals surface area contributed by atoms with Crippen LogP contribution >= 0.6 is 0 Å². The van der Waals surface area contributed by atoms with Gasteiger partial charge in [-0.25, -0.2) is 4.79 Å². The van der Waals surface area contributed by atoms with Crippen molar-refractivity contribution in [3.05, 3.63) is 60.2 Å². The first-order chi connectivity index (χ1) is 12.1. The number of benzene rings is 2. The van der Waals surface area contributed by atoms with E-state index >= 15 is 0 Å². The lowest BCUT2D eigenvalue weighted by Crippen LogP contribution is -2.35. The van der Waals surface area contributed by atoms with Gasteiger partial charge in [0.1, 0.15) is 11.5 Å². The average molecular weight is 341 g/mol. The van der Waals surface area contributed by atoms with Crippen LogP contribution in [-0.2, 0) is 9.53 Å². The summed E-state index contributed by atoms with van der Waals surface area (Å²) in [5, 5.41) is 2.79. The van der Waals surface area contributed by atoms with Crippen LogP contribution in [0, 0.1) is 0 Å². The number of nitrogens with one attached hydrogen (secondary N) is 1. The second-order valence-electron chi connectivity index (χ2n) is 5.78. The fourth-order valence-corrected chi connectivity index (χ4v) is 2.35. The van der Waals surface area contributed by atoms with Crippen molar-refractivity contribution in [2.75, 3.05) is 6.61 Å². The molecule has 0 radical (unpaired) electrons. The molecule has 0 aliphatic rings. The molecule has 2 rings (SSSR count). The molecule has 0 heterocycles. The monoisotopic (exact) mass is 341 g/mol. The first kappa shape index (κ1) is 18.5. The molecule has 2 aromatic rings. The van der Waals surface area contributed by atoms with Gasteiger partial charge in [0.15, 0.2) is 6.61 Å². The highest BCUT2D eigenvalue weighted by atomic mass is 16.5. The molecule has 0 saturated carbocycles. The minimum atomic E-state index is -0.559. The fraction of sp³-hybridized carbons (Fsp3) is 0.300. The molecule has 1 N–H and O–H groups in total. The summed E-state index contributed by atoms with van der Waals surface area (Å²) in [6, 6.07) is 16.0. The average Bonchev–Trinajstić information content (AvgIpc) is 2.61. The van der Waals surface area contributed by atoms with Crippen LogP contribution in [0.1, 0.15) is 37.0 Å². The zero-order valence-corrected chi connectivity index (χ0v) is 14.5. The van der Waals surface area contributed by atoms with Crippen LogP contribution in [0.15, 0.2) is 54.6 Å². The van der Waals surface area contributed by atoms with Gasteiger partial charge in [-0.1, -0.05) is 37.6 Å². The van der Waals surface area contributed by atoms with Gasteiger partial charge in [-0.2, -0.15) is 0 Å². The summed E-state index contributed by atoms with van der Waals surface area (Å²) in [6.45, 7) is 3.68. The number of amides is 1. The Bertz CT molecular complexity index is 700. The van der Waals surface area contributed by atoms with Gasteiger partial charge in [0.25, 0.3) is 5.91 Å².